The van der Waals surface area contributed by atoms with Gasteiger partial charge in [0.15, 0.2) is 0 Å². The Morgan fingerprint density at radius 2 is 2.08 bits per heavy atom. The van der Waals surface area contributed by atoms with Crippen LogP contribution in [0, 0.1) is 0 Å². The van der Waals surface area contributed by atoms with Crippen molar-refractivity contribution in [3.05, 3.63) is 34.2 Å². The van der Waals surface area contributed by atoms with Crippen LogP contribution in [0.3, 0.4) is 0 Å². The van der Waals surface area contributed by atoms with Crippen LogP contribution in [-0.4, -0.2) is 46.5 Å². The third kappa shape index (κ3) is 4.86. The number of rotatable bonds is 7. The molecule has 0 bridgehead atoms. The van der Waals surface area contributed by atoms with E-state index < -0.39 is 0 Å². The summed E-state index contributed by atoms with van der Waals surface area (Å²) in [4.78, 5) is 31.5. The van der Waals surface area contributed by atoms with Crippen LogP contribution in [0.25, 0.3) is 11.0 Å². The van der Waals surface area contributed by atoms with Crippen molar-refractivity contribution in [3.63, 3.8) is 0 Å². The van der Waals surface area contributed by atoms with Crippen LogP contribution in [0.5, 0.6) is 0 Å². The molecule has 3 N–H and O–H groups in total. The van der Waals surface area contributed by atoms with Crippen molar-refractivity contribution in [1.82, 2.24) is 20.2 Å². The van der Waals surface area contributed by atoms with E-state index in [9.17, 15) is 9.59 Å². The largest absolute Gasteiger partial charge is 0.338 e. The number of hydrogen-bond acceptors (Lipinski definition) is 3. The zero-order chi connectivity index (χ0) is 16.9. The van der Waals surface area contributed by atoms with Crippen LogP contribution < -0.4 is 11.0 Å². The lowest BCUT2D eigenvalue weighted by atomic mass is 10.1. The fourth-order valence-corrected chi connectivity index (χ4v) is 3.48. The van der Waals surface area contributed by atoms with Gasteiger partial charge in [-0.25, -0.2) is 4.79 Å². The summed E-state index contributed by atoms with van der Waals surface area (Å²) in [5.74, 6) is 0.265. The molecule has 25 heavy (non-hydrogen) atoms. The molecule has 138 valence electrons. The summed E-state index contributed by atoms with van der Waals surface area (Å²) in [6, 6.07) is 6.28. The Bertz CT molecular complexity index is 749. The van der Waals surface area contributed by atoms with Crippen molar-refractivity contribution in [3.8, 4) is 0 Å². The zero-order valence-electron chi connectivity index (χ0n) is 14.6. The molecule has 0 spiro atoms. The number of nitrogens with one attached hydrogen (secondary N) is 3. The van der Waals surface area contributed by atoms with E-state index in [-0.39, 0.29) is 24.0 Å². The lowest BCUT2D eigenvalue weighted by molar-refractivity contribution is -0.133. The van der Waals surface area contributed by atoms with Gasteiger partial charge in [-0.05, 0) is 49.9 Å². The standard InChI is InChI=1S/C18H26N4O2.ClH/c1-2-10-22(14-8-9-19-12-14)17(23)5-3-4-13-6-7-15-16(11-13)21-18(24)20-15;/h6-7,11,14,19H,2-5,8-10,12H2,1H3,(H2,20,21,24);1H. The molecule has 6 nitrogen and oxygen atoms in total. The number of aromatic amines is 2. The van der Waals surface area contributed by atoms with Crippen LogP contribution in [0.4, 0.5) is 0 Å². The summed E-state index contributed by atoms with van der Waals surface area (Å²) in [6.07, 6.45) is 4.32. The van der Waals surface area contributed by atoms with Crippen molar-refractivity contribution in [2.24, 2.45) is 0 Å². The minimum absolute atomic E-state index is 0. The van der Waals surface area contributed by atoms with E-state index in [1.807, 2.05) is 18.2 Å². The van der Waals surface area contributed by atoms with Crippen molar-refractivity contribution in [2.45, 2.75) is 45.1 Å². The van der Waals surface area contributed by atoms with Gasteiger partial charge < -0.3 is 20.2 Å². The Morgan fingerprint density at radius 1 is 1.28 bits per heavy atom. The van der Waals surface area contributed by atoms with Crippen molar-refractivity contribution in [2.75, 3.05) is 19.6 Å². The third-order valence-corrected chi connectivity index (χ3v) is 4.70. The topological polar surface area (TPSA) is 81.0 Å². The first-order valence-electron chi connectivity index (χ1n) is 8.88. The first kappa shape index (κ1) is 19.5. The van der Waals surface area contributed by atoms with Gasteiger partial charge in [-0.2, -0.15) is 0 Å². The van der Waals surface area contributed by atoms with Crippen molar-refractivity contribution < 1.29 is 4.79 Å². The highest BCUT2D eigenvalue weighted by molar-refractivity contribution is 5.85. The lowest BCUT2D eigenvalue weighted by Crippen LogP contribution is -2.42. The highest BCUT2D eigenvalue weighted by Crippen LogP contribution is 2.15. The maximum Gasteiger partial charge on any atom is 0.323 e. The van der Waals surface area contributed by atoms with Gasteiger partial charge in [0.05, 0.1) is 11.0 Å². The Hall–Kier alpha value is -1.79. The van der Waals surface area contributed by atoms with Gasteiger partial charge in [-0.3, -0.25) is 4.79 Å². The summed E-state index contributed by atoms with van der Waals surface area (Å²) >= 11 is 0. The molecule has 0 saturated carbocycles. The van der Waals surface area contributed by atoms with Gasteiger partial charge in [0.1, 0.15) is 0 Å². The zero-order valence-corrected chi connectivity index (χ0v) is 15.5. The van der Waals surface area contributed by atoms with Crippen LogP contribution in [0.1, 0.15) is 38.2 Å². The summed E-state index contributed by atoms with van der Waals surface area (Å²) in [5, 5.41) is 3.34. The Kier molecular flexibility index (Phi) is 7.08. The van der Waals surface area contributed by atoms with Crippen LogP contribution in [0.2, 0.25) is 0 Å². The predicted molar refractivity (Wildman–Crippen MR) is 102 cm³/mol. The summed E-state index contributed by atoms with van der Waals surface area (Å²) in [5.41, 5.74) is 2.61. The number of halogens is 1. The summed E-state index contributed by atoms with van der Waals surface area (Å²) < 4.78 is 0. The number of aromatic nitrogens is 2. The van der Waals surface area contributed by atoms with Crippen LogP contribution in [-0.2, 0) is 11.2 Å². The quantitative estimate of drug-likeness (QED) is 0.702. The number of imidazole rings is 1. The van der Waals surface area contributed by atoms with E-state index in [2.05, 4.69) is 27.1 Å². The number of carbonyl (C=O) groups is 1. The van der Waals surface area contributed by atoms with E-state index in [1.165, 1.54) is 0 Å². The molecule has 1 aromatic heterocycles. The molecule has 1 aromatic carbocycles. The molecule has 2 aromatic rings. The molecule has 1 aliphatic rings. The molecule has 3 rings (SSSR count). The van der Waals surface area contributed by atoms with E-state index in [0.717, 1.165) is 61.9 Å². The Morgan fingerprint density at radius 3 is 2.80 bits per heavy atom. The smallest absolute Gasteiger partial charge is 0.323 e. The van der Waals surface area contributed by atoms with Gasteiger partial charge in [0.2, 0.25) is 5.91 Å². The molecule has 1 atom stereocenters. The molecular formula is C18H27ClN4O2. The molecule has 0 aliphatic carbocycles. The lowest BCUT2D eigenvalue weighted by Gasteiger charge is -2.28. The number of benzene rings is 1. The second kappa shape index (κ2) is 9.06. The molecule has 2 heterocycles. The highest BCUT2D eigenvalue weighted by atomic mass is 35.5. The monoisotopic (exact) mass is 366 g/mol. The third-order valence-electron chi connectivity index (χ3n) is 4.70. The van der Waals surface area contributed by atoms with Crippen LogP contribution in [0.15, 0.2) is 23.0 Å². The number of amides is 1. The van der Waals surface area contributed by atoms with E-state index in [4.69, 9.17) is 0 Å². The first-order valence-corrected chi connectivity index (χ1v) is 8.88. The van der Waals surface area contributed by atoms with Crippen LogP contribution >= 0.6 is 12.4 Å². The number of hydrogen-bond donors (Lipinski definition) is 3. The average molecular weight is 367 g/mol. The fraction of sp³-hybridized carbons (Fsp3) is 0.556. The molecule has 1 amide bonds. The number of aryl methyl sites for hydroxylation is 1. The normalized spacial score (nSPS) is 16.8. The molecule has 1 aliphatic heterocycles. The number of nitrogens with zero attached hydrogens (tertiary/aromatic N) is 1. The second-order valence-corrected chi connectivity index (χ2v) is 6.55. The van der Waals surface area contributed by atoms with Crippen molar-refractivity contribution >= 4 is 29.3 Å². The van der Waals surface area contributed by atoms with Gasteiger partial charge in [-0.15, -0.1) is 12.4 Å². The first-order chi connectivity index (χ1) is 11.7. The summed E-state index contributed by atoms with van der Waals surface area (Å²) in [7, 11) is 0. The molecular weight excluding hydrogens is 340 g/mol. The van der Waals surface area contributed by atoms with Gasteiger partial charge in [0.25, 0.3) is 0 Å². The number of carbonyl (C=O) groups excluding carboxylic acids is 1. The maximum absolute atomic E-state index is 12.6. The molecule has 1 saturated heterocycles. The molecule has 1 fully saturated rings. The van der Waals surface area contributed by atoms with Gasteiger partial charge >= 0.3 is 5.69 Å². The maximum atomic E-state index is 12.6. The average Bonchev–Trinajstić information content (AvgIpc) is 3.20. The molecule has 7 heteroatoms. The predicted octanol–water partition coefficient (Wildman–Crippen LogP) is 2.20. The van der Waals surface area contributed by atoms with E-state index in [0.29, 0.717) is 12.5 Å². The van der Waals surface area contributed by atoms with E-state index in [1.54, 1.807) is 0 Å². The Labute approximate surface area is 153 Å². The SMILES string of the molecule is CCCN(C(=O)CCCc1ccc2[nH]c(=O)[nH]c2c1)C1CCNC1.Cl. The van der Waals surface area contributed by atoms with Gasteiger partial charge in [0, 0.05) is 25.6 Å². The highest BCUT2D eigenvalue weighted by Gasteiger charge is 2.25. The van der Waals surface area contributed by atoms with E-state index >= 15 is 0 Å². The van der Waals surface area contributed by atoms with Crippen molar-refractivity contribution in [1.29, 1.82) is 0 Å². The minimum atomic E-state index is -0.183. The fourth-order valence-electron chi connectivity index (χ4n) is 3.48. The second-order valence-electron chi connectivity index (χ2n) is 6.55. The molecule has 0 radical (unpaired) electrons. The number of H-pyrrole nitrogens is 2. The number of fused-ring (bicyclic) bond motifs is 1. The Balaban J connectivity index is 0.00000225. The minimum Gasteiger partial charge on any atom is -0.338 e. The summed E-state index contributed by atoms with van der Waals surface area (Å²) in [6.45, 7) is 4.90. The molecule has 1 unspecified atom stereocenters. The van der Waals surface area contributed by atoms with Gasteiger partial charge in [-0.1, -0.05) is 13.0 Å².